The fourth-order valence-corrected chi connectivity index (χ4v) is 1.96. The minimum atomic E-state index is 0.676. The number of rotatable bonds is 4. The van der Waals surface area contributed by atoms with Crippen molar-refractivity contribution in [3.63, 3.8) is 0 Å². The van der Waals surface area contributed by atoms with E-state index in [1.165, 1.54) is 32.1 Å². The Morgan fingerprint density at radius 3 is 2.64 bits per heavy atom. The molecule has 0 heterocycles. The maximum atomic E-state index is 10.6. The highest BCUT2D eigenvalue weighted by Gasteiger charge is 2.09. The van der Waals surface area contributed by atoms with Crippen molar-refractivity contribution < 1.29 is 4.79 Å². The second-order valence-electron chi connectivity index (χ2n) is 4.10. The monoisotopic (exact) mass is 192 g/mol. The number of aldehydes is 1. The summed E-state index contributed by atoms with van der Waals surface area (Å²) in [7, 11) is 0. The Hall–Kier alpha value is -0.810. The van der Waals surface area contributed by atoms with Gasteiger partial charge in [-0.25, -0.2) is 0 Å². The lowest BCUT2D eigenvalue weighted by Crippen LogP contribution is -2.02. The molecule has 0 atom stereocenters. The van der Waals surface area contributed by atoms with Gasteiger partial charge in [0.2, 0.25) is 0 Å². The van der Waals surface area contributed by atoms with Crippen molar-refractivity contribution in [3.05, 3.63) is 17.4 Å². The zero-order chi connectivity index (χ0) is 10.2. The number of carbonyl (C=O) groups excluding carboxylic acids is 1. The van der Waals surface area contributed by atoms with E-state index in [-0.39, 0.29) is 0 Å². The van der Waals surface area contributed by atoms with Crippen LogP contribution in [0.4, 0.5) is 0 Å². The molecule has 1 nitrogen and oxygen atoms in total. The fourth-order valence-electron chi connectivity index (χ4n) is 1.96. The Labute approximate surface area is 86.9 Å². The zero-order valence-electron chi connectivity index (χ0n) is 9.09. The number of hydrogen-bond acceptors (Lipinski definition) is 1. The average molecular weight is 192 g/mol. The Bertz CT molecular complexity index is 228. The maximum absolute atomic E-state index is 10.6. The summed E-state index contributed by atoms with van der Waals surface area (Å²) in [6.07, 6.45) is 11.6. The van der Waals surface area contributed by atoms with E-state index in [9.17, 15) is 4.79 Å². The molecule has 0 aromatic rings. The quantitative estimate of drug-likeness (QED) is 0.377. The molecule has 1 aliphatic rings. The van der Waals surface area contributed by atoms with Crippen LogP contribution in [0.15, 0.2) is 17.4 Å². The highest BCUT2D eigenvalue weighted by Crippen LogP contribution is 2.24. The van der Waals surface area contributed by atoms with Gasteiger partial charge < -0.3 is 0 Å². The first-order chi connectivity index (χ1) is 6.86. The van der Waals surface area contributed by atoms with Crippen molar-refractivity contribution in [1.29, 1.82) is 0 Å². The normalized spacial score (nSPS) is 17.2. The van der Waals surface area contributed by atoms with Gasteiger partial charge in [0.25, 0.3) is 0 Å². The molecule has 0 aromatic carbocycles. The van der Waals surface area contributed by atoms with Crippen molar-refractivity contribution >= 4 is 6.29 Å². The maximum Gasteiger partial charge on any atom is 0.153 e. The molecule has 1 saturated carbocycles. The summed E-state index contributed by atoms with van der Waals surface area (Å²) in [6.45, 7) is 2.09. The number of hydrogen-bond donors (Lipinski definition) is 0. The highest BCUT2D eigenvalue weighted by molar-refractivity contribution is 5.72. The molecule has 1 fully saturated rings. The molecular weight excluding hydrogens is 172 g/mol. The van der Waals surface area contributed by atoms with Gasteiger partial charge in [0.05, 0.1) is 0 Å². The fraction of sp³-hybridized carbons (Fsp3) is 0.692. The molecule has 78 valence electrons. The van der Waals surface area contributed by atoms with Crippen LogP contribution in [0.1, 0.15) is 51.9 Å². The van der Waals surface area contributed by atoms with Crippen molar-refractivity contribution in [2.45, 2.75) is 51.9 Å². The second-order valence-corrected chi connectivity index (χ2v) is 4.10. The minimum absolute atomic E-state index is 0.676. The van der Waals surface area contributed by atoms with E-state index in [2.05, 4.69) is 18.7 Å². The van der Waals surface area contributed by atoms with Gasteiger partial charge in [-0.05, 0) is 31.3 Å². The third-order valence-electron chi connectivity index (χ3n) is 2.82. The molecular formula is C13H20O. The molecule has 0 unspecified atom stereocenters. The van der Waals surface area contributed by atoms with Crippen LogP contribution in [-0.4, -0.2) is 6.29 Å². The molecule has 0 radical (unpaired) electrons. The summed E-state index contributed by atoms with van der Waals surface area (Å²) < 4.78 is 0. The van der Waals surface area contributed by atoms with Gasteiger partial charge in [-0.15, -0.1) is 5.73 Å². The zero-order valence-corrected chi connectivity index (χ0v) is 9.09. The first-order valence-corrected chi connectivity index (χ1v) is 5.77. The largest absolute Gasteiger partial charge is 0.298 e. The lowest BCUT2D eigenvalue weighted by molar-refractivity contribution is -0.105. The minimum Gasteiger partial charge on any atom is -0.298 e. The third-order valence-corrected chi connectivity index (χ3v) is 2.82. The standard InChI is InChI=1S/C13H20O/c1-2-6-13(11-14)10-9-12-7-4-3-5-8-12/h9,11-12H,2-8H2,1H3. The van der Waals surface area contributed by atoms with Gasteiger partial charge in [-0.2, -0.15) is 0 Å². The van der Waals surface area contributed by atoms with Gasteiger partial charge >= 0.3 is 0 Å². The molecule has 0 saturated heterocycles. The first kappa shape index (κ1) is 11.3. The Morgan fingerprint density at radius 2 is 2.07 bits per heavy atom. The van der Waals surface area contributed by atoms with Crippen LogP contribution in [0.3, 0.4) is 0 Å². The summed E-state index contributed by atoms with van der Waals surface area (Å²) in [6, 6.07) is 0. The average Bonchev–Trinajstić information content (AvgIpc) is 2.25. The lowest BCUT2D eigenvalue weighted by atomic mass is 9.89. The molecule has 1 heteroatoms. The summed E-state index contributed by atoms with van der Waals surface area (Å²) in [5, 5.41) is 0. The van der Waals surface area contributed by atoms with E-state index >= 15 is 0 Å². The molecule has 0 aliphatic heterocycles. The summed E-state index contributed by atoms with van der Waals surface area (Å²) in [4.78, 5) is 10.6. The van der Waals surface area contributed by atoms with E-state index in [4.69, 9.17) is 0 Å². The van der Waals surface area contributed by atoms with Gasteiger partial charge in [-0.3, -0.25) is 4.79 Å². The molecule has 1 rings (SSSR count). The van der Waals surface area contributed by atoms with E-state index in [0.29, 0.717) is 5.92 Å². The van der Waals surface area contributed by atoms with Crippen LogP contribution >= 0.6 is 0 Å². The van der Waals surface area contributed by atoms with Crippen LogP contribution in [-0.2, 0) is 4.79 Å². The van der Waals surface area contributed by atoms with Gasteiger partial charge in [-0.1, -0.05) is 32.6 Å². The van der Waals surface area contributed by atoms with Crippen LogP contribution in [0.25, 0.3) is 0 Å². The van der Waals surface area contributed by atoms with E-state index in [0.717, 1.165) is 24.7 Å². The molecule has 14 heavy (non-hydrogen) atoms. The predicted molar refractivity (Wildman–Crippen MR) is 59.1 cm³/mol. The summed E-state index contributed by atoms with van der Waals surface area (Å²) in [5.74, 6) is 0.676. The van der Waals surface area contributed by atoms with Crippen molar-refractivity contribution in [3.8, 4) is 0 Å². The first-order valence-electron chi connectivity index (χ1n) is 5.77. The topological polar surface area (TPSA) is 17.1 Å². The highest BCUT2D eigenvalue weighted by atomic mass is 16.1. The van der Waals surface area contributed by atoms with E-state index < -0.39 is 0 Å². The smallest absolute Gasteiger partial charge is 0.153 e. The predicted octanol–water partition coefficient (Wildman–Crippen LogP) is 3.65. The molecule has 0 aromatic heterocycles. The number of carbonyl (C=O) groups is 1. The molecule has 0 bridgehead atoms. The van der Waals surface area contributed by atoms with Gasteiger partial charge in [0, 0.05) is 5.57 Å². The van der Waals surface area contributed by atoms with E-state index in [1.807, 2.05) is 0 Å². The van der Waals surface area contributed by atoms with Crippen LogP contribution in [0, 0.1) is 5.92 Å². The van der Waals surface area contributed by atoms with Crippen molar-refractivity contribution in [2.75, 3.05) is 0 Å². The molecule has 0 spiro atoms. The van der Waals surface area contributed by atoms with Crippen LogP contribution < -0.4 is 0 Å². The van der Waals surface area contributed by atoms with Crippen LogP contribution in [0.5, 0.6) is 0 Å². The summed E-state index contributed by atoms with van der Waals surface area (Å²) in [5.41, 5.74) is 4.00. The van der Waals surface area contributed by atoms with E-state index in [1.54, 1.807) is 0 Å². The van der Waals surface area contributed by atoms with Crippen molar-refractivity contribution in [1.82, 2.24) is 0 Å². The lowest BCUT2D eigenvalue weighted by Gasteiger charge is -2.16. The Balaban J connectivity index is 2.51. The molecule has 0 N–H and O–H groups in total. The van der Waals surface area contributed by atoms with Gasteiger partial charge in [0.1, 0.15) is 0 Å². The summed E-state index contributed by atoms with van der Waals surface area (Å²) >= 11 is 0. The Morgan fingerprint density at radius 1 is 1.36 bits per heavy atom. The third kappa shape index (κ3) is 3.93. The number of allylic oxidation sites excluding steroid dienone is 1. The Kier molecular flexibility index (Phi) is 5.32. The SMILES string of the molecule is CCCC(=C=CC1CCCCC1)C=O. The van der Waals surface area contributed by atoms with Gasteiger partial charge in [0.15, 0.2) is 6.29 Å². The molecule has 1 aliphatic carbocycles. The molecule has 0 amide bonds. The van der Waals surface area contributed by atoms with Crippen LogP contribution in [0.2, 0.25) is 0 Å². The van der Waals surface area contributed by atoms with Crippen molar-refractivity contribution in [2.24, 2.45) is 5.92 Å². The second kappa shape index (κ2) is 6.62.